The molecule has 0 atom stereocenters. The van der Waals surface area contributed by atoms with Crippen molar-refractivity contribution in [1.29, 1.82) is 0 Å². The number of carbonyl (C=O) groups excluding carboxylic acids is 6. The summed E-state index contributed by atoms with van der Waals surface area (Å²) in [7, 11) is 0. The summed E-state index contributed by atoms with van der Waals surface area (Å²) in [5, 5.41) is 77.9. The Hall–Kier alpha value is 0.259. The zero-order valence-electron chi connectivity index (χ0n) is 16.0. The number of hydrogen-bond acceptors (Lipinski definition) is 14. The van der Waals surface area contributed by atoms with E-state index in [9.17, 15) is 59.4 Å². The van der Waals surface area contributed by atoms with E-state index < -0.39 is 72.7 Å². The minimum absolute atomic E-state index is 0. The van der Waals surface area contributed by atoms with Crippen LogP contribution in [0, 0.1) is 0 Å². The van der Waals surface area contributed by atoms with E-state index >= 15 is 0 Å². The van der Waals surface area contributed by atoms with Crippen molar-refractivity contribution < 1.29 is 175 Å². The maximum absolute atomic E-state index is 10.1. The molecule has 0 fully saturated rings. The van der Waals surface area contributed by atoms with Gasteiger partial charge in [-0.05, 0) is 0 Å². The van der Waals surface area contributed by atoms with Crippen LogP contribution in [0.15, 0.2) is 0 Å². The van der Waals surface area contributed by atoms with Crippen molar-refractivity contribution in [3.63, 3.8) is 0 Å². The molecule has 0 aromatic heterocycles. The van der Waals surface area contributed by atoms with Crippen LogP contribution in [0.4, 0.5) is 0 Å². The molecule has 153 valence electrons. The van der Waals surface area contributed by atoms with E-state index in [0.717, 1.165) is 0 Å². The van der Waals surface area contributed by atoms with Gasteiger partial charge >= 0.3 is 106 Å². The normalized spacial score (nSPS) is 9.40. The van der Waals surface area contributed by atoms with Gasteiger partial charge in [0.25, 0.3) is 0 Å². The molecule has 1 radical (unpaired) electrons. The number of aliphatic hydroxyl groups is 2. The third-order valence-corrected chi connectivity index (χ3v) is 2.51. The molecule has 0 spiro atoms. The Morgan fingerprint density at radius 1 is 0.500 bits per heavy atom. The van der Waals surface area contributed by atoms with E-state index in [4.69, 9.17) is 10.2 Å². The zero-order valence-corrected chi connectivity index (χ0v) is 23.1. The van der Waals surface area contributed by atoms with Gasteiger partial charge in [0.1, 0.15) is 11.2 Å². The minimum atomic E-state index is -2.97. The van der Waals surface area contributed by atoms with Crippen molar-refractivity contribution in [1.82, 2.24) is 0 Å². The minimum Gasteiger partial charge on any atom is -0.550 e. The Morgan fingerprint density at radius 3 is 0.700 bits per heavy atom. The van der Waals surface area contributed by atoms with Gasteiger partial charge in [-0.1, -0.05) is 0 Å². The van der Waals surface area contributed by atoms with Crippen molar-refractivity contribution in [3.05, 3.63) is 0 Å². The van der Waals surface area contributed by atoms with E-state index in [1.54, 1.807) is 0 Å². The molecular formula is C12H10FeNa3O14. The SMILES string of the molecule is O=C([O-])CC(O)(CC(=O)[O-])C(=O)[O-].O=C([O-])CC(O)(CC(=O)[O-])C(=O)[O-].[Fe+3].[Na+].[Na+].[Na+]. The van der Waals surface area contributed by atoms with Crippen molar-refractivity contribution in [3.8, 4) is 0 Å². The summed E-state index contributed by atoms with van der Waals surface area (Å²) in [6.07, 6.45) is -5.43. The predicted octanol–water partition coefficient (Wildman–Crippen LogP) is -19.5. The molecule has 0 heterocycles. The second-order valence-corrected chi connectivity index (χ2v) is 4.83. The Kier molecular flexibility index (Phi) is 29.2. The number of rotatable bonds is 10. The van der Waals surface area contributed by atoms with Gasteiger partial charge in [-0.3, -0.25) is 0 Å². The molecule has 0 aromatic carbocycles. The van der Waals surface area contributed by atoms with Gasteiger partial charge in [-0.25, -0.2) is 0 Å². The Balaban J connectivity index is -0.0000000847. The predicted molar refractivity (Wildman–Crippen MR) is 58.4 cm³/mol. The molecule has 0 bridgehead atoms. The smallest absolute Gasteiger partial charge is 0.550 e. The van der Waals surface area contributed by atoms with E-state index in [1.165, 1.54) is 0 Å². The molecule has 0 aliphatic heterocycles. The van der Waals surface area contributed by atoms with Crippen LogP contribution in [0.25, 0.3) is 0 Å². The van der Waals surface area contributed by atoms with Crippen LogP contribution < -0.4 is 119 Å². The Morgan fingerprint density at radius 2 is 0.633 bits per heavy atom. The van der Waals surface area contributed by atoms with Crippen molar-refractivity contribution in [2.45, 2.75) is 36.9 Å². The van der Waals surface area contributed by atoms with Crippen molar-refractivity contribution in [2.24, 2.45) is 0 Å². The maximum atomic E-state index is 10.1. The summed E-state index contributed by atoms with van der Waals surface area (Å²) < 4.78 is 0. The van der Waals surface area contributed by atoms with Gasteiger partial charge in [0.2, 0.25) is 0 Å². The standard InChI is InChI=1S/2C6H8O7.Fe.3Na/c2*7-3(8)1-6(13,5(11)12)2-4(9)10;;;;/h2*13H,1-2H2,(H,7,8)(H,9,10)(H,11,12);;;;/q;;+3;3*+1/p-6. The van der Waals surface area contributed by atoms with Crippen LogP contribution >= 0.6 is 0 Å². The maximum Gasteiger partial charge on any atom is 3.00 e. The van der Waals surface area contributed by atoms with Crippen LogP contribution in [0.3, 0.4) is 0 Å². The van der Waals surface area contributed by atoms with Gasteiger partial charge in [0.15, 0.2) is 0 Å². The Bertz CT molecular complexity index is 527. The first-order valence-corrected chi connectivity index (χ1v) is 6.23. The zero-order chi connectivity index (χ0) is 21.3. The summed E-state index contributed by atoms with van der Waals surface area (Å²) in [5.41, 5.74) is -5.95. The fraction of sp³-hybridized carbons (Fsp3) is 0.500. The molecule has 0 saturated heterocycles. The van der Waals surface area contributed by atoms with Crippen LogP contribution in [-0.4, -0.2) is 57.2 Å². The average Bonchev–Trinajstić information content (AvgIpc) is 2.34. The van der Waals surface area contributed by atoms with E-state index in [-0.39, 0.29) is 106 Å². The topological polar surface area (TPSA) is 281 Å². The fourth-order valence-electron chi connectivity index (χ4n) is 1.37. The molecule has 14 nitrogen and oxygen atoms in total. The van der Waals surface area contributed by atoms with Crippen molar-refractivity contribution >= 4 is 35.8 Å². The van der Waals surface area contributed by atoms with E-state index in [1.807, 2.05) is 0 Å². The van der Waals surface area contributed by atoms with Gasteiger partial charge in [-0.15, -0.1) is 0 Å². The first kappa shape index (κ1) is 44.0. The largest absolute Gasteiger partial charge is 3.00 e. The quantitative estimate of drug-likeness (QED) is 0.262. The number of carboxylic acids is 6. The summed E-state index contributed by atoms with van der Waals surface area (Å²) in [6, 6.07) is 0. The van der Waals surface area contributed by atoms with Crippen LogP contribution in [-0.2, 0) is 45.8 Å². The molecule has 2 N–H and O–H groups in total. The summed E-state index contributed by atoms with van der Waals surface area (Å²) in [6.45, 7) is 0. The molecule has 18 heteroatoms. The first-order valence-electron chi connectivity index (χ1n) is 6.23. The Labute approximate surface area is 245 Å². The van der Waals surface area contributed by atoms with Gasteiger partial charge in [-0.2, -0.15) is 0 Å². The molecule has 0 aliphatic rings. The molecule has 0 aromatic rings. The monoisotopic (exact) mass is 503 g/mol. The third kappa shape index (κ3) is 20.2. The van der Waals surface area contributed by atoms with E-state index in [2.05, 4.69) is 0 Å². The summed E-state index contributed by atoms with van der Waals surface area (Å²) in [5.74, 6) is -12.0. The first-order chi connectivity index (χ1) is 11.6. The molecule has 0 aliphatic carbocycles. The molecule has 30 heavy (non-hydrogen) atoms. The van der Waals surface area contributed by atoms with Gasteiger partial charge in [0.05, 0.1) is 11.9 Å². The summed E-state index contributed by atoms with van der Waals surface area (Å²) >= 11 is 0. The summed E-state index contributed by atoms with van der Waals surface area (Å²) in [4.78, 5) is 60.0. The molecule has 0 saturated carbocycles. The third-order valence-electron chi connectivity index (χ3n) is 2.51. The van der Waals surface area contributed by atoms with Crippen LogP contribution in [0.1, 0.15) is 25.7 Å². The second-order valence-electron chi connectivity index (χ2n) is 4.83. The number of carbonyl (C=O) groups is 6. The molecule has 0 rings (SSSR count). The molecule has 0 unspecified atom stereocenters. The molecule has 0 amide bonds. The second kappa shape index (κ2) is 19.9. The fourth-order valence-corrected chi connectivity index (χ4v) is 1.37. The van der Waals surface area contributed by atoms with Gasteiger partial charge in [0, 0.05) is 49.6 Å². The average molecular weight is 503 g/mol. The number of aliphatic carboxylic acids is 6. The number of carboxylic acid groups (broad SMARTS) is 6. The van der Waals surface area contributed by atoms with Crippen LogP contribution in [0.2, 0.25) is 0 Å². The van der Waals surface area contributed by atoms with Gasteiger partial charge < -0.3 is 69.6 Å². The van der Waals surface area contributed by atoms with E-state index in [0.29, 0.717) is 0 Å². The molecular weight excluding hydrogens is 493 g/mol. The van der Waals surface area contributed by atoms with Crippen LogP contribution in [0.5, 0.6) is 0 Å². The van der Waals surface area contributed by atoms with Crippen molar-refractivity contribution in [2.75, 3.05) is 0 Å². The number of hydrogen-bond donors (Lipinski definition) is 2.